The molecule has 0 aromatic rings. The van der Waals surface area contributed by atoms with Gasteiger partial charge in [-0.15, -0.1) is 0 Å². The summed E-state index contributed by atoms with van der Waals surface area (Å²) in [5, 5.41) is 0. The van der Waals surface area contributed by atoms with Crippen LogP contribution in [0.2, 0.25) is 22.7 Å². The summed E-state index contributed by atoms with van der Waals surface area (Å²) >= 11 is 0. The second-order valence-electron chi connectivity index (χ2n) is 6.86. The Balaban J connectivity index is 4.64. The molecule has 0 nitrogen and oxygen atoms in total. The van der Waals surface area contributed by atoms with Gasteiger partial charge >= 0.3 is 0 Å². The van der Waals surface area contributed by atoms with Gasteiger partial charge in [0.05, 0.1) is 8.07 Å². The first-order valence-electron chi connectivity index (χ1n) is 7.25. The van der Waals surface area contributed by atoms with Crippen LogP contribution in [0, 0.1) is 5.92 Å². The predicted molar refractivity (Wildman–Crippen MR) is 79.9 cm³/mol. The highest BCUT2D eigenvalue weighted by molar-refractivity contribution is 6.83. The average Bonchev–Trinajstić information content (AvgIpc) is 2.09. The smallest absolute Gasteiger partial charge is 0.0612 e. The molecule has 0 heterocycles. The molecular weight excluding hydrogens is 208 g/mol. The zero-order valence-corrected chi connectivity index (χ0v) is 13.9. The summed E-state index contributed by atoms with van der Waals surface area (Å²) in [5.41, 5.74) is 2.79. The van der Waals surface area contributed by atoms with E-state index in [-0.39, 0.29) is 0 Å². The summed E-state index contributed by atoms with van der Waals surface area (Å²) in [4.78, 5) is 0. The lowest BCUT2D eigenvalue weighted by Crippen LogP contribution is -2.44. The van der Waals surface area contributed by atoms with Gasteiger partial charge in [-0.1, -0.05) is 90.9 Å². The third kappa shape index (κ3) is 3.91. The maximum Gasteiger partial charge on any atom is 0.0612 e. The molecule has 0 radical (unpaired) electrons. The van der Waals surface area contributed by atoms with Crippen LogP contribution < -0.4 is 0 Å². The van der Waals surface area contributed by atoms with Crippen LogP contribution in [0.5, 0.6) is 0 Å². The quantitative estimate of drug-likeness (QED) is 0.473. The topological polar surface area (TPSA) is 0 Å². The molecule has 1 heteroatoms. The molecule has 0 saturated heterocycles. The van der Waals surface area contributed by atoms with Gasteiger partial charge in [0.1, 0.15) is 0 Å². The summed E-state index contributed by atoms with van der Waals surface area (Å²) in [6.07, 6.45) is 2.87. The fourth-order valence-electron chi connectivity index (χ4n) is 3.68. The Morgan fingerprint density at radius 2 is 1.06 bits per heavy atom. The third-order valence-corrected chi connectivity index (χ3v) is 12.3. The van der Waals surface area contributed by atoms with Crippen molar-refractivity contribution in [1.82, 2.24) is 0 Å². The van der Waals surface area contributed by atoms with Gasteiger partial charge in [-0.05, 0) is 5.92 Å². The molecule has 0 rings (SSSR count). The van der Waals surface area contributed by atoms with Crippen molar-refractivity contribution >= 4 is 8.07 Å². The van der Waals surface area contributed by atoms with Crippen molar-refractivity contribution in [2.75, 3.05) is 0 Å². The van der Waals surface area contributed by atoms with Crippen molar-refractivity contribution in [3.05, 3.63) is 0 Å². The van der Waals surface area contributed by atoms with E-state index >= 15 is 0 Å². The lowest BCUT2D eigenvalue weighted by atomic mass is 10.1. The SMILES string of the molecule is CC(C)CCC[Si](C(C)C)(C(C)C)C(C)C. The zero-order valence-electron chi connectivity index (χ0n) is 12.9. The Labute approximate surface area is 105 Å². The van der Waals surface area contributed by atoms with E-state index in [1.807, 2.05) is 0 Å². The van der Waals surface area contributed by atoms with Gasteiger partial charge in [0.2, 0.25) is 0 Å². The molecule has 0 N–H and O–H groups in total. The summed E-state index contributed by atoms with van der Waals surface area (Å²) in [6, 6.07) is 1.54. The number of hydrogen-bond acceptors (Lipinski definition) is 0. The molecule has 0 fully saturated rings. The van der Waals surface area contributed by atoms with Crippen LogP contribution >= 0.6 is 0 Å². The molecule has 0 aromatic heterocycles. The van der Waals surface area contributed by atoms with Crippen molar-refractivity contribution in [2.45, 2.75) is 90.9 Å². The van der Waals surface area contributed by atoms with Crippen molar-refractivity contribution in [2.24, 2.45) is 5.92 Å². The zero-order chi connectivity index (χ0) is 12.9. The van der Waals surface area contributed by atoms with Crippen molar-refractivity contribution < 1.29 is 0 Å². The molecule has 16 heavy (non-hydrogen) atoms. The summed E-state index contributed by atoms with van der Waals surface area (Å²) in [7, 11) is -1.09. The third-order valence-electron chi connectivity index (χ3n) is 4.62. The van der Waals surface area contributed by atoms with Gasteiger partial charge in [0.15, 0.2) is 0 Å². The van der Waals surface area contributed by atoms with Gasteiger partial charge in [-0.3, -0.25) is 0 Å². The normalized spacial score (nSPS) is 13.5. The van der Waals surface area contributed by atoms with Crippen LogP contribution in [-0.4, -0.2) is 8.07 Å². The van der Waals surface area contributed by atoms with E-state index < -0.39 is 8.07 Å². The van der Waals surface area contributed by atoms with E-state index in [2.05, 4.69) is 55.4 Å². The van der Waals surface area contributed by atoms with E-state index in [1.165, 1.54) is 18.9 Å². The molecule has 0 aliphatic carbocycles. The molecule has 98 valence electrons. The highest BCUT2D eigenvalue weighted by Gasteiger charge is 2.41. The fourth-order valence-corrected chi connectivity index (χ4v) is 10.2. The van der Waals surface area contributed by atoms with Crippen LogP contribution in [0.15, 0.2) is 0 Å². The van der Waals surface area contributed by atoms with Gasteiger partial charge in [-0.25, -0.2) is 0 Å². The van der Waals surface area contributed by atoms with Crippen molar-refractivity contribution in [3.8, 4) is 0 Å². The van der Waals surface area contributed by atoms with Gasteiger partial charge in [0.25, 0.3) is 0 Å². The molecule has 0 unspecified atom stereocenters. The minimum absolute atomic E-state index is 0.873. The Morgan fingerprint density at radius 3 is 1.31 bits per heavy atom. The average molecular weight is 243 g/mol. The van der Waals surface area contributed by atoms with Crippen LogP contribution in [0.4, 0.5) is 0 Å². The maximum absolute atomic E-state index is 2.47. The first kappa shape index (κ1) is 16.2. The molecule has 0 saturated carbocycles. The lowest BCUT2D eigenvalue weighted by molar-refractivity contribution is 0.567. The van der Waals surface area contributed by atoms with Gasteiger partial charge in [-0.2, -0.15) is 0 Å². The van der Waals surface area contributed by atoms with Crippen molar-refractivity contribution in [3.63, 3.8) is 0 Å². The predicted octanol–water partition coefficient (Wildman–Crippen LogP) is 6.10. The van der Waals surface area contributed by atoms with E-state index in [9.17, 15) is 0 Å². The Bertz CT molecular complexity index is 158. The molecule has 0 aliphatic heterocycles. The second-order valence-corrected chi connectivity index (χ2v) is 13.1. The van der Waals surface area contributed by atoms with Crippen LogP contribution in [0.3, 0.4) is 0 Å². The molecule has 0 aromatic carbocycles. The summed E-state index contributed by atoms with van der Waals surface area (Å²) < 4.78 is 0. The Hall–Kier alpha value is 0.217. The Morgan fingerprint density at radius 1 is 0.688 bits per heavy atom. The van der Waals surface area contributed by atoms with E-state index in [4.69, 9.17) is 0 Å². The van der Waals surface area contributed by atoms with Crippen LogP contribution in [-0.2, 0) is 0 Å². The lowest BCUT2D eigenvalue weighted by Gasteiger charge is -2.43. The first-order valence-corrected chi connectivity index (χ1v) is 9.69. The highest BCUT2D eigenvalue weighted by Crippen LogP contribution is 2.45. The largest absolute Gasteiger partial charge is 0.0651 e. The molecule has 0 aliphatic rings. The maximum atomic E-state index is 2.47. The standard InChI is InChI=1S/C15H34Si/c1-12(2)10-9-11-16(13(3)4,14(5)6)15(7)8/h12-15H,9-11H2,1-8H3. The molecule has 0 amide bonds. The minimum Gasteiger partial charge on any atom is -0.0651 e. The molecule has 0 atom stereocenters. The summed E-state index contributed by atoms with van der Waals surface area (Å²) in [6.45, 7) is 19.5. The molecular formula is C15H34Si. The fraction of sp³-hybridized carbons (Fsp3) is 1.00. The summed E-state index contributed by atoms with van der Waals surface area (Å²) in [5.74, 6) is 0.873. The minimum atomic E-state index is -1.09. The number of rotatable bonds is 7. The van der Waals surface area contributed by atoms with E-state index in [0.717, 1.165) is 22.5 Å². The monoisotopic (exact) mass is 242 g/mol. The van der Waals surface area contributed by atoms with E-state index in [1.54, 1.807) is 0 Å². The second kappa shape index (κ2) is 6.83. The van der Waals surface area contributed by atoms with Gasteiger partial charge < -0.3 is 0 Å². The van der Waals surface area contributed by atoms with Gasteiger partial charge in [0, 0.05) is 0 Å². The van der Waals surface area contributed by atoms with Crippen LogP contribution in [0.25, 0.3) is 0 Å². The van der Waals surface area contributed by atoms with E-state index in [0.29, 0.717) is 0 Å². The Kier molecular flexibility index (Phi) is 6.92. The first-order chi connectivity index (χ1) is 7.25. The number of hydrogen-bond donors (Lipinski definition) is 0. The molecule has 0 bridgehead atoms. The highest BCUT2D eigenvalue weighted by atomic mass is 28.3. The molecule has 0 spiro atoms. The van der Waals surface area contributed by atoms with Crippen molar-refractivity contribution in [1.29, 1.82) is 0 Å². The van der Waals surface area contributed by atoms with Crippen LogP contribution in [0.1, 0.15) is 68.2 Å².